The Kier molecular flexibility index (Phi) is 4.59. The molecule has 7 heteroatoms. The molecule has 0 aliphatic rings. The topological polar surface area (TPSA) is 67.1 Å². The minimum Gasteiger partial charge on any atom is -0.321 e. The molecule has 20 heavy (non-hydrogen) atoms. The zero-order valence-corrected chi connectivity index (χ0v) is 12.4. The van der Waals surface area contributed by atoms with E-state index in [9.17, 15) is 9.18 Å². The largest absolute Gasteiger partial charge is 0.321 e. The normalized spacial score (nSPS) is 10.2. The number of nitrogen functional groups attached to an aromatic ring is 1. The maximum absolute atomic E-state index is 13.5. The summed E-state index contributed by atoms with van der Waals surface area (Å²) < 4.78 is 14.1. The molecule has 0 saturated heterocycles. The maximum atomic E-state index is 13.5. The molecular weight excluding hydrogens is 349 g/mol. The van der Waals surface area contributed by atoms with Gasteiger partial charge in [0.15, 0.2) is 0 Å². The van der Waals surface area contributed by atoms with Crippen LogP contribution in [0.2, 0.25) is 5.02 Å². The molecule has 0 aliphatic heterocycles. The highest BCUT2D eigenvalue weighted by atomic mass is 79.9. The molecule has 1 amide bonds. The highest BCUT2D eigenvalue weighted by molar-refractivity contribution is 9.10. The predicted octanol–water partition coefficient (Wildman–Crippen LogP) is 3.78. The van der Waals surface area contributed by atoms with E-state index in [2.05, 4.69) is 26.7 Å². The molecule has 4 N–H and O–H groups in total. The Hall–Kier alpha value is -1.63. The summed E-state index contributed by atoms with van der Waals surface area (Å²) in [6, 6.07) is 9.14. The molecule has 0 saturated carbocycles. The van der Waals surface area contributed by atoms with Crippen LogP contribution in [0.4, 0.5) is 15.8 Å². The Morgan fingerprint density at radius 3 is 2.65 bits per heavy atom. The van der Waals surface area contributed by atoms with Gasteiger partial charge in [-0.1, -0.05) is 23.7 Å². The number of anilines is 2. The zero-order chi connectivity index (χ0) is 14.7. The number of nitrogens with two attached hydrogens (primary N) is 1. The van der Waals surface area contributed by atoms with E-state index in [4.69, 9.17) is 17.4 Å². The van der Waals surface area contributed by atoms with Crippen LogP contribution in [0.25, 0.3) is 0 Å². The van der Waals surface area contributed by atoms with E-state index in [-0.39, 0.29) is 11.3 Å². The van der Waals surface area contributed by atoms with Gasteiger partial charge in [0.25, 0.3) is 5.91 Å². The van der Waals surface area contributed by atoms with E-state index in [1.807, 2.05) is 0 Å². The van der Waals surface area contributed by atoms with Crippen LogP contribution in [0.1, 0.15) is 10.4 Å². The van der Waals surface area contributed by atoms with Gasteiger partial charge in [0, 0.05) is 0 Å². The number of rotatable bonds is 3. The Balaban J connectivity index is 2.34. The average molecular weight is 359 g/mol. The molecule has 0 unspecified atom stereocenters. The lowest BCUT2D eigenvalue weighted by Gasteiger charge is -2.11. The van der Waals surface area contributed by atoms with Crippen molar-refractivity contribution in [2.24, 2.45) is 5.84 Å². The molecule has 2 aromatic carbocycles. The Bertz CT molecular complexity index is 666. The van der Waals surface area contributed by atoms with E-state index < -0.39 is 11.7 Å². The van der Waals surface area contributed by atoms with Gasteiger partial charge in [0.05, 0.1) is 26.4 Å². The number of benzene rings is 2. The highest BCUT2D eigenvalue weighted by Gasteiger charge is 2.16. The maximum Gasteiger partial charge on any atom is 0.257 e. The van der Waals surface area contributed by atoms with Gasteiger partial charge in [-0.15, -0.1) is 0 Å². The fraction of sp³-hybridized carbons (Fsp3) is 0. The second-order valence-corrected chi connectivity index (χ2v) is 5.06. The van der Waals surface area contributed by atoms with Gasteiger partial charge in [0.2, 0.25) is 0 Å². The first-order valence-corrected chi connectivity index (χ1v) is 6.72. The molecular formula is C13H10BrClFN3O. The van der Waals surface area contributed by atoms with Crippen molar-refractivity contribution in [2.45, 2.75) is 0 Å². The van der Waals surface area contributed by atoms with Crippen molar-refractivity contribution in [1.82, 2.24) is 0 Å². The molecule has 0 heterocycles. The lowest BCUT2D eigenvalue weighted by Crippen LogP contribution is -2.18. The Labute approximate surface area is 128 Å². The van der Waals surface area contributed by atoms with Crippen molar-refractivity contribution in [3.05, 3.63) is 57.3 Å². The zero-order valence-electron chi connectivity index (χ0n) is 10.1. The Morgan fingerprint density at radius 1 is 1.25 bits per heavy atom. The summed E-state index contributed by atoms with van der Waals surface area (Å²) in [5, 5.41) is 3.09. The van der Waals surface area contributed by atoms with E-state index in [0.717, 1.165) is 0 Å². The number of nitrogens with one attached hydrogen (secondary N) is 2. The molecule has 0 bridgehead atoms. The second kappa shape index (κ2) is 6.21. The summed E-state index contributed by atoms with van der Waals surface area (Å²) in [7, 11) is 0. The molecule has 0 aliphatic carbocycles. The van der Waals surface area contributed by atoms with Crippen molar-refractivity contribution in [3.63, 3.8) is 0 Å². The van der Waals surface area contributed by atoms with Crippen LogP contribution in [0.15, 0.2) is 40.9 Å². The van der Waals surface area contributed by atoms with E-state index >= 15 is 0 Å². The lowest BCUT2D eigenvalue weighted by atomic mass is 10.1. The third kappa shape index (κ3) is 2.92. The van der Waals surface area contributed by atoms with E-state index in [1.165, 1.54) is 18.2 Å². The van der Waals surface area contributed by atoms with Gasteiger partial charge in [-0.25, -0.2) is 4.39 Å². The smallest absolute Gasteiger partial charge is 0.257 e. The molecule has 104 valence electrons. The summed E-state index contributed by atoms with van der Waals surface area (Å²) in [5.74, 6) is 4.13. The average Bonchev–Trinajstić information content (AvgIpc) is 2.43. The van der Waals surface area contributed by atoms with Crippen molar-refractivity contribution in [1.29, 1.82) is 0 Å². The number of carbonyl (C=O) groups excluding carboxylic acids is 1. The van der Waals surface area contributed by atoms with Crippen molar-refractivity contribution in [2.75, 3.05) is 10.7 Å². The molecule has 0 spiro atoms. The monoisotopic (exact) mass is 357 g/mol. The minimum absolute atomic E-state index is 0.0665. The van der Waals surface area contributed by atoms with Gasteiger partial charge in [0.1, 0.15) is 5.82 Å². The number of para-hydroxylation sites is 1. The molecule has 0 atom stereocenters. The number of halogens is 3. The standard InChI is InChI=1S/C13H10BrClFN3O/c14-11-8(15)4-2-6-10(11)18-13(20)7-3-1-5-9(16)12(7)19-17/h1-6,19H,17H2,(H,18,20). The summed E-state index contributed by atoms with van der Waals surface area (Å²) in [4.78, 5) is 12.2. The van der Waals surface area contributed by atoms with Gasteiger partial charge in [-0.3, -0.25) is 10.6 Å². The van der Waals surface area contributed by atoms with Crippen LogP contribution in [-0.2, 0) is 0 Å². The van der Waals surface area contributed by atoms with Crippen LogP contribution >= 0.6 is 27.5 Å². The number of amides is 1. The van der Waals surface area contributed by atoms with Crippen LogP contribution in [-0.4, -0.2) is 5.91 Å². The number of hydrogen-bond acceptors (Lipinski definition) is 3. The van der Waals surface area contributed by atoms with Gasteiger partial charge < -0.3 is 10.7 Å². The van der Waals surface area contributed by atoms with E-state index in [1.54, 1.807) is 18.2 Å². The van der Waals surface area contributed by atoms with Crippen LogP contribution in [0, 0.1) is 5.82 Å². The minimum atomic E-state index is -0.606. The first kappa shape index (κ1) is 14.8. The summed E-state index contributed by atoms with van der Waals surface area (Å²) >= 11 is 9.21. The first-order valence-electron chi connectivity index (χ1n) is 5.55. The molecule has 2 rings (SSSR count). The quantitative estimate of drug-likeness (QED) is 0.578. The third-order valence-electron chi connectivity index (χ3n) is 2.60. The SMILES string of the molecule is NNc1c(F)cccc1C(=O)Nc1cccc(Cl)c1Br. The molecule has 2 aromatic rings. The van der Waals surface area contributed by atoms with Crippen molar-refractivity contribution >= 4 is 44.8 Å². The van der Waals surface area contributed by atoms with Gasteiger partial charge >= 0.3 is 0 Å². The van der Waals surface area contributed by atoms with E-state index in [0.29, 0.717) is 15.2 Å². The highest BCUT2D eigenvalue weighted by Crippen LogP contribution is 2.30. The molecule has 0 radical (unpaired) electrons. The predicted molar refractivity (Wildman–Crippen MR) is 81.3 cm³/mol. The summed E-state index contributed by atoms with van der Waals surface area (Å²) in [5.41, 5.74) is 2.69. The van der Waals surface area contributed by atoms with Crippen LogP contribution in [0.5, 0.6) is 0 Å². The summed E-state index contributed by atoms with van der Waals surface area (Å²) in [6.07, 6.45) is 0. The van der Waals surface area contributed by atoms with Crippen LogP contribution in [0.3, 0.4) is 0 Å². The molecule has 4 nitrogen and oxygen atoms in total. The number of hydrazine groups is 1. The molecule has 0 aromatic heterocycles. The fourth-order valence-corrected chi connectivity index (χ4v) is 2.19. The number of hydrogen-bond donors (Lipinski definition) is 3. The summed E-state index contributed by atoms with van der Waals surface area (Å²) in [6.45, 7) is 0. The lowest BCUT2D eigenvalue weighted by molar-refractivity contribution is 0.102. The molecule has 0 fully saturated rings. The van der Waals surface area contributed by atoms with Crippen molar-refractivity contribution in [3.8, 4) is 0 Å². The first-order chi connectivity index (χ1) is 9.54. The number of carbonyl (C=O) groups is 1. The van der Waals surface area contributed by atoms with Crippen molar-refractivity contribution < 1.29 is 9.18 Å². The van der Waals surface area contributed by atoms with Gasteiger partial charge in [-0.05, 0) is 40.2 Å². The van der Waals surface area contributed by atoms with Crippen LogP contribution < -0.4 is 16.6 Å². The van der Waals surface area contributed by atoms with Gasteiger partial charge in [-0.2, -0.15) is 0 Å². The fourth-order valence-electron chi connectivity index (χ4n) is 1.65. The second-order valence-electron chi connectivity index (χ2n) is 3.86. The third-order valence-corrected chi connectivity index (χ3v) is 4.00. The Morgan fingerprint density at radius 2 is 1.95 bits per heavy atom.